The highest BCUT2D eigenvalue weighted by Crippen LogP contribution is 2.44. The maximum absolute atomic E-state index is 12.7. The molecule has 0 saturated heterocycles. The van der Waals surface area contributed by atoms with Gasteiger partial charge in [-0.3, -0.25) is 4.98 Å². The molecule has 2 heterocycles. The van der Waals surface area contributed by atoms with Crippen molar-refractivity contribution in [2.75, 3.05) is 7.11 Å². The number of benzene rings is 2. The predicted octanol–water partition coefficient (Wildman–Crippen LogP) is 7.03. The van der Waals surface area contributed by atoms with Crippen molar-refractivity contribution in [3.8, 4) is 28.7 Å². The molecule has 1 aliphatic rings. The van der Waals surface area contributed by atoms with Crippen LogP contribution in [0.15, 0.2) is 42.6 Å². The molecule has 1 unspecified atom stereocenters. The highest BCUT2D eigenvalue weighted by atomic mass is 16.5. The second-order valence-electron chi connectivity index (χ2n) is 11.1. The SMILES string of the molecule is CCc1ccnc2c(-c3c(C(OC(C)(C)C)C(=O)O)c(C)cc4nc(C#CC5CC5)ccc34)ccc(OC)c12. The van der Waals surface area contributed by atoms with Crippen LogP contribution in [-0.4, -0.2) is 33.8 Å². The first kappa shape index (κ1) is 26.6. The lowest BCUT2D eigenvalue weighted by atomic mass is 9.86. The average molecular weight is 523 g/mol. The third-order valence-corrected chi connectivity index (χ3v) is 6.99. The van der Waals surface area contributed by atoms with E-state index in [1.54, 1.807) is 13.3 Å². The summed E-state index contributed by atoms with van der Waals surface area (Å²) in [6.45, 7) is 9.61. The van der Waals surface area contributed by atoms with E-state index in [4.69, 9.17) is 19.4 Å². The number of methoxy groups -OCH3 is 1. The first-order valence-electron chi connectivity index (χ1n) is 13.4. The molecule has 6 nitrogen and oxygen atoms in total. The zero-order valence-electron chi connectivity index (χ0n) is 23.4. The van der Waals surface area contributed by atoms with Crippen LogP contribution in [0.5, 0.6) is 5.75 Å². The number of carboxylic acids is 1. The maximum atomic E-state index is 12.7. The minimum atomic E-state index is -1.19. The van der Waals surface area contributed by atoms with Gasteiger partial charge in [0.1, 0.15) is 11.4 Å². The first-order chi connectivity index (χ1) is 18.6. The fourth-order valence-corrected chi connectivity index (χ4v) is 5.08. The number of carbonyl (C=O) groups is 1. The van der Waals surface area contributed by atoms with Crippen LogP contribution in [0.25, 0.3) is 32.9 Å². The number of ether oxygens (including phenoxy) is 2. The topological polar surface area (TPSA) is 81.5 Å². The van der Waals surface area contributed by atoms with E-state index in [2.05, 4.69) is 18.8 Å². The number of aliphatic carboxylic acids is 1. The number of fused-ring (bicyclic) bond motifs is 2. The van der Waals surface area contributed by atoms with Gasteiger partial charge in [0.15, 0.2) is 6.10 Å². The van der Waals surface area contributed by atoms with Crippen LogP contribution < -0.4 is 4.74 Å². The molecular formula is C33H34N2O4. The van der Waals surface area contributed by atoms with Crippen molar-refractivity contribution in [1.29, 1.82) is 0 Å². The normalized spacial score (nSPS) is 14.2. The molecule has 1 fully saturated rings. The fraction of sp³-hybridized carbons (Fsp3) is 0.364. The highest BCUT2D eigenvalue weighted by molar-refractivity contribution is 6.08. The van der Waals surface area contributed by atoms with Crippen molar-refractivity contribution in [3.05, 3.63) is 65.0 Å². The first-order valence-corrected chi connectivity index (χ1v) is 13.4. The summed E-state index contributed by atoms with van der Waals surface area (Å²) in [5, 5.41) is 12.2. The van der Waals surface area contributed by atoms with Gasteiger partial charge in [0, 0.05) is 34.0 Å². The van der Waals surface area contributed by atoms with Gasteiger partial charge in [-0.2, -0.15) is 0 Å². The lowest BCUT2D eigenvalue weighted by molar-refractivity contribution is -0.160. The summed E-state index contributed by atoms with van der Waals surface area (Å²) in [4.78, 5) is 22.4. The zero-order valence-corrected chi connectivity index (χ0v) is 23.4. The molecule has 1 N–H and O–H groups in total. The van der Waals surface area contributed by atoms with Crippen molar-refractivity contribution in [1.82, 2.24) is 9.97 Å². The van der Waals surface area contributed by atoms with Crippen LogP contribution in [0.1, 0.15) is 69.0 Å². The van der Waals surface area contributed by atoms with Gasteiger partial charge in [-0.15, -0.1) is 0 Å². The molecule has 5 rings (SSSR count). The average Bonchev–Trinajstić information content (AvgIpc) is 3.73. The van der Waals surface area contributed by atoms with Crippen molar-refractivity contribution in [3.63, 3.8) is 0 Å². The molecule has 2 aromatic carbocycles. The van der Waals surface area contributed by atoms with E-state index in [9.17, 15) is 9.90 Å². The van der Waals surface area contributed by atoms with E-state index in [1.807, 2.05) is 64.1 Å². The third-order valence-electron chi connectivity index (χ3n) is 6.99. The van der Waals surface area contributed by atoms with Gasteiger partial charge in [0.05, 0.1) is 23.7 Å². The second kappa shape index (κ2) is 10.3. The number of carboxylic acid groups (broad SMARTS) is 1. The summed E-state index contributed by atoms with van der Waals surface area (Å²) in [7, 11) is 1.65. The van der Waals surface area contributed by atoms with Gasteiger partial charge in [-0.25, -0.2) is 9.78 Å². The number of pyridine rings is 2. The van der Waals surface area contributed by atoms with E-state index < -0.39 is 17.7 Å². The molecule has 6 heteroatoms. The Morgan fingerprint density at radius 1 is 1.18 bits per heavy atom. The number of rotatable bonds is 6. The number of hydrogen-bond donors (Lipinski definition) is 1. The van der Waals surface area contributed by atoms with E-state index in [-0.39, 0.29) is 0 Å². The third kappa shape index (κ3) is 5.32. The molecule has 2 aromatic heterocycles. The van der Waals surface area contributed by atoms with Gasteiger partial charge in [0.2, 0.25) is 0 Å². The molecule has 0 spiro atoms. The second-order valence-corrected chi connectivity index (χ2v) is 11.1. The van der Waals surface area contributed by atoms with Gasteiger partial charge >= 0.3 is 5.97 Å². The van der Waals surface area contributed by atoms with E-state index in [0.29, 0.717) is 17.2 Å². The van der Waals surface area contributed by atoms with E-state index in [0.717, 1.165) is 69.1 Å². The number of aromatic nitrogens is 2. The summed E-state index contributed by atoms with van der Waals surface area (Å²) in [6, 6.07) is 11.7. The largest absolute Gasteiger partial charge is 0.496 e. The minimum absolute atomic E-state index is 0.470. The smallest absolute Gasteiger partial charge is 0.337 e. The van der Waals surface area contributed by atoms with Crippen molar-refractivity contribution in [2.24, 2.45) is 5.92 Å². The lowest BCUT2D eigenvalue weighted by Crippen LogP contribution is -2.28. The molecule has 1 saturated carbocycles. The van der Waals surface area contributed by atoms with Gasteiger partial charge in [-0.05, 0) is 106 Å². The Morgan fingerprint density at radius 2 is 1.95 bits per heavy atom. The van der Waals surface area contributed by atoms with Crippen LogP contribution in [-0.2, 0) is 16.0 Å². The van der Waals surface area contributed by atoms with Crippen molar-refractivity contribution < 1.29 is 19.4 Å². The summed E-state index contributed by atoms with van der Waals surface area (Å²) in [5.41, 5.74) is 5.58. The molecular weight excluding hydrogens is 488 g/mol. The monoisotopic (exact) mass is 522 g/mol. The molecule has 200 valence electrons. The van der Waals surface area contributed by atoms with Crippen LogP contribution in [0.4, 0.5) is 0 Å². The molecule has 0 aliphatic heterocycles. The van der Waals surface area contributed by atoms with Crippen molar-refractivity contribution >= 4 is 27.8 Å². The van der Waals surface area contributed by atoms with Gasteiger partial charge in [-0.1, -0.05) is 12.8 Å². The summed E-state index contributed by atoms with van der Waals surface area (Å²) in [5.74, 6) is 6.65. The van der Waals surface area contributed by atoms with Gasteiger partial charge in [0.25, 0.3) is 0 Å². The van der Waals surface area contributed by atoms with Crippen LogP contribution in [0, 0.1) is 24.7 Å². The van der Waals surface area contributed by atoms with Gasteiger partial charge < -0.3 is 14.6 Å². The summed E-state index contributed by atoms with van der Waals surface area (Å²) >= 11 is 0. The molecule has 4 aromatic rings. The summed E-state index contributed by atoms with van der Waals surface area (Å²) < 4.78 is 11.9. The minimum Gasteiger partial charge on any atom is -0.496 e. The number of nitrogens with zero attached hydrogens (tertiary/aromatic N) is 2. The molecule has 0 amide bonds. The molecule has 0 bridgehead atoms. The predicted molar refractivity (Wildman–Crippen MR) is 154 cm³/mol. The lowest BCUT2D eigenvalue weighted by Gasteiger charge is -2.28. The Morgan fingerprint density at radius 3 is 2.59 bits per heavy atom. The molecule has 0 radical (unpaired) electrons. The Kier molecular flexibility index (Phi) is 7.05. The molecule has 1 atom stereocenters. The Bertz CT molecular complexity index is 1640. The summed E-state index contributed by atoms with van der Waals surface area (Å²) in [6.07, 6.45) is 3.70. The van der Waals surface area contributed by atoms with Crippen LogP contribution in [0.3, 0.4) is 0 Å². The van der Waals surface area contributed by atoms with E-state index >= 15 is 0 Å². The molecule has 39 heavy (non-hydrogen) atoms. The van der Waals surface area contributed by atoms with Crippen LogP contribution >= 0.6 is 0 Å². The maximum Gasteiger partial charge on any atom is 0.337 e. The standard InChI is InChI=1S/C33H34N2O4/c1-7-21-16-17-34-30-24(14-15-26(38-6)28(21)30)29-23-13-12-22(11-10-20-8-9-20)35-25(23)18-19(2)27(29)31(32(36)37)39-33(3,4)5/h12-18,20,31H,7-9H2,1-6H3,(H,36,37). The fourth-order valence-electron chi connectivity index (χ4n) is 5.08. The Hall–Kier alpha value is -3.95. The zero-order chi connectivity index (χ0) is 27.9. The van der Waals surface area contributed by atoms with E-state index in [1.165, 1.54) is 0 Å². The van der Waals surface area contributed by atoms with Crippen LogP contribution in [0.2, 0.25) is 0 Å². The number of hydrogen-bond acceptors (Lipinski definition) is 5. The Labute approximate surface area is 229 Å². The number of aryl methyl sites for hydroxylation is 2. The molecule has 1 aliphatic carbocycles. The van der Waals surface area contributed by atoms with Crippen molar-refractivity contribution in [2.45, 2.75) is 65.6 Å². The highest BCUT2D eigenvalue weighted by Gasteiger charge is 2.32. The quantitative estimate of drug-likeness (QED) is 0.274. The Balaban J connectivity index is 1.88.